The Morgan fingerprint density at radius 2 is 2.19 bits per heavy atom. The van der Waals surface area contributed by atoms with Gasteiger partial charge < -0.3 is 10.6 Å². The summed E-state index contributed by atoms with van der Waals surface area (Å²) < 4.78 is 0. The number of nitrogens with one attached hydrogen (secondary N) is 2. The van der Waals surface area contributed by atoms with Gasteiger partial charge in [-0.25, -0.2) is 0 Å². The van der Waals surface area contributed by atoms with Gasteiger partial charge >= 0.3 is 0 Å². The van der Waals surface area contributed by atoms with Gasteiger partial charge in [-0.05, 0) is 44.2 Å². The summed E-state index contributed by atoms with van der Waals surface area (Å²) in [6.45, 7) is 4.62. The Bertz CT molecular complexity index is 541. The molecule has 0 aliphatic heterocycles. The highest BCUT2D eigenvalue weighted by Gasteiger charge is 2.29. The molecular formula is C15H21N3O3. The maximum atomic E-state index is 12.1. The Hall–Kier alpha value is -2.11. The third-order valence-corrected chi connectivity index (χ3v) is 3.71. The largest absolute Gasteiger partial charge is 0.380 e. The number of hydrogen-bond acceptors (Lipinski definition) is 4. The van der Waals surface area contributed by atoms with Crippen LogP contribution in [0, 0.1) is 16.0 Å². The lowest BCUT2D eigenvalue weighted by Gasteiger charge is -2.13. The number of benzene rings is 1. The first kappa shape index (κ1) is 15.3. The van der Waals surface area contributed by atoms with E-state index in [4.69, 9.17) is 0 Å². The highest BCUT2D eigenvalue weighted by molar-refractivity contribution is 5.95. The Kier molecular flexibility index (Phi) is 4.77. The zero-order valence-corrected chi connectivity index (χ0v) is 12.4. The average molecular weight is 291 g/mol. The maximum Gasteiger partial charge on any atom is 0.293 e. The van der Waals surface area contributed by atoms with E-state index < -0.39 is 4.92 Å². The molecule has 6 heteroatoms. The number of nitrogens with zero attached hydrogens (tertiary/aromatic N) is 1. The molecule has 1 aliphatic carbocycles. The highest BCUT2D eigenvalue weighted by atomic mass is 16.6. The number of rotatable bonds is 7. The number of nitro benzene ring substituents is 1. The van der Waals surface area contributed by atoms with Gasteiger partial charge in [0.05, 0.1) is 4.92 Å². The van der Waals surface area contributed by atoms with Gasteiger partial charge in [-0.15, -0.1) is 0 Å². The van der Waals surface area contributed by atoms with E-state index >= 15 is 0 Å². The third-order valence-electron chi connectivity index (χ3n) is 3.71. The topological polar surface area (TPSA) is 84.3 Å². The van der Waals surface area contributed by atoms with Crippen molar-refractivity contribution in [3.8, 4) is 0 Å². The Morgan fingerprint density at radius 3 is 2.76 bits per heavy atom. The van der Waals surface area contributed by atoms with Crippen molar-refractivity contribution < 1.29 is 9.72 Å². The fourth-order valence-corrected chi connectivity index (χ4v) is 2.24. The summed E-state index contributed by atoms with van der Waals surface area (Å²) in [7, 11) is 0. The first-order valence-corrected chi connectivity index (χ1v) is 7.36. The molecule has 0 spiro atoms. The van der Waals surface area contributed by atoms with Crippen molar-refractivity contribution in [2.45, 2.75) is 39.2 Å². The number of carbonyl (C=O) groups is 1. The summed E-state index contributed by atoms with van der Waals surface area (Å²) in [5, 5.41) is 17.0. The molecule has 2 N–H and O–H groups in total. The molecular weight excluding hydrogens is 270 g/mol. The summed E-state index contributed by atoms with van der Waals surface area (Å²) in [6, 6.07) is 4.69. The van der Waals surface area contributed by atoms with Crippen LogP contribution in [0.4, 0.5) is 11.4 Å². The molecule has 0 aromatic heterocycles. The molecule has 1 saturated carbocycles. The first-order valence-electron chi connectivity index (χ1n) is 7.36. The van der Waals surface area contributed by atoms with Crippen molar-refractivity contribution in [2.24, 2.45) is 5.92 Å². The van der Waals surface area contributed by atoms with Crippen LogP contribution < -0.4 is 10.6 Å². The summed E-state index contributed by atoms with van der Waals surface area (Å²) in [6.07, 6.45) is 3.15. The standard InChI is InChI=1S/C15H21N3O3/c1-3-8-16-13-7-6-12(9-14(13)18(20)21)15(19)17-10(2)11-4-5-11/h6-7,9-11,16H,3-5,8H2,1-2H3,(H,17,19). The van der Waals surface area contributed by atoms with Gasteiger partial charge in [-0.3, -0.25) is 14.9 Å². The van der Waals surface area contributed by atoms with Crippen LogP contribution in [0.15, 0.2) is 18.2 Å². The normalized spacial score (nSPS) is 15.3. The molecule has 0 radical (unpaired) electrons. The van der Waals surface area contributed by atoms with Gasteiger partial charge in [0.15, 0.2) is 0 Å². The average Bonchev–Trinajstić information content (AvgIpc) is 3.29. The minimum absolute atomic E-state index is 0.0600. The SMILES string of the molecule is CCCNc1ccc(C(=O)NC(C)C2CC2)cc1[N+](=O)[O-]. The predicted octanol–water partition coefficient (Wildman–Crippen LogP) is 2.95. The van der Waals surface area contributed by atoms with Crippen LogP contribution in [0.2, 0.25) is 0 Å². The van der Waals surface area contributed by atoms with E-state index in [0.29, 0.717) is 23.7 Å². The van der Waals surface area contributed by atoms with E-state index in [-0.39, 0.29) is 17.6 Å². The van der Waals surface area contributed by atoms with Crippen LogP contribution in [0.25, 0.3) is 0 Å². The summed E-state index contributed by atoms with van der Waals surface area (Å²) in [4.78, 5) is 22.8. The van der Waals surface area contributed by atoms with E-state index in [0.717, 1.165) is 19.3 Å². The molecule has 1 aromatic rings. The minimum atomic E-state index is -0.459. The Morgan fingerprint density at radius 1 is 1.48 bits per heavy atom. The molecule has 0 heterocycles. The second kappa shape index (κ2) is 6.56. The second-order valence-corrected chi connectivity index (χ2v) is 5.52. The molecule has 0 bridgehead atoms. The van der Waals surface area contributed by atoms with Crippen LogP contribution >= 0.6 is 0 Å². The van der Waals surface area contributed by atoms with Crippen molar-refractivity contribution in [1.29, 1.82) is 0 Å². The Labute approximate surface area is 124 Å². The monoisotopic (exact) mass is 291 g/mol. The Balaban J connectivity index is 2.14. The van der Waals surface area contributed by atoms with E-state index in [1.54, 1.807) is 12.1 Å². The van der Waals surface area contributed by atoms with E-state index in [2.05, 4.69) is 10.6 Å². The maximum absolute atomic E-state index is 12.1. The van der Waals surface area contributed by atoms with E-state index in [9.17, 15) is 14.9 Å². The lowest BCUT2D eigenvalue weighted by molar-refractivity contribution is -0.384. The zero-order valence-electron chi connectivity index (χ0n) is 12.4. The van der Waals surface area contributed by atoms with Crippen molar-refractivity contribution in [3.63, 3.8) is 0 Å². The van der Waals surface area contributed by atoms with Gasteiger partial charge in [0.2, 0.25) is 0 Å². The molecule has 1 amide bonds. The van der Waals surface area contributed by atoms with Gasteiger partial charge in [0.25, 0.3) is 11.6 Å². The van der Waals surface area contributed by atoms with Gasteiger partial charge in [0, 0.05) is 24.2 Å². The third kappa shape index (κ3) is 3.93. The number of hydrogen-bond donors (Lipinski definition) is 2. The molecule has 0 saturated heterocycles. The fraction of sp³-hybridized carbons (Fsp3) is 0.533. The molecule has 6 nitrogen and oxygen atoms in total. The highest BCUT2D eigenvalue weighted by Crippen LogP contribution is 2.32. The summed E-state index contributed by atoms with van der Waals surface area (Å²) in [5.41, 5.74) is 0.722. The first-order chi connectivity index (χ1) is 10.0. The molecule has 21 heavy (non-hydrogen) atoms. The van der Waals surface area contributed by atoms with Crippen LogP contribution in [0.5, 0.6) is 0 Å². The number of carbonyl (C=O) groups excluding carboxylic acids is 1. The second-order valence-electron chi connectivity index (χ2n) is 5.52. The lowest BCUT2D eigenvalue weighted by atomic mass is 10.1. The van der Waals surface area contributed by atoms with Crippen molar-refractivity contribution >= 4 is 17.3 Å². The van der Waals surface area contributed by atoms with Crippen LogP contribution in [0.3, 0.4) is 0 Å². The summed E-state index contributed by atoms with van der Waals surface area (Å²) in [5.74, 6) is 0.300. The quantitative estimate of drug-likeness (QED) is 0.597. The minimum Gasteiger partial charge on any atom is -0.380 e. The van der Waals surface area contributed by atoms with Crippen molar-refractivity contribution in [3.05, 3.63) is 33.9 Å². The van der Waals surface area contributed by atoms with Gasteiger partial charge in [-0.2, -0.15) is 0 Å². The van der Waals surface area contributed by atoms with E-state index in [1.807, 2.05) is 13.8 Å². The molecule has 1 atom stereocenters. The number of nitro groups is 1. The molecule has 1 fully saturated rings. The lowest BCUT2D eigenvalue weighted by Crippen LogP contribution is -2.34. The van der Waals surface area contributed by atoms with Crippen LogP contribution in [-0.2, 0) is 0 Å². The van der Waals surface area contributed by atoms with E-state index in [1.165, 1.54) is 6.07 Å². The smallest absolute Gasteiger partial charge is 0.293 e. The van der Waals surface area contributed by atoms with Gasteiger partial charge in [0.1, 0.15) is 5.69 Å². The summed E-state index contributed by atoms with van der Waals surface area (Å²) >= 11 is 0. The predicted molar refractivity (Wildman–Crippen MR) is 81.5 cm³/mol. The number of amides is 1. The van der Waals surface area contributed by atoms with Crippen LogP contribution in [-0.4, -0.2) is 23.4 Å². The van der Waals surface area contributed by atoms with Crippen molar-refractivity contribution in [1.82, 2.24) is 5.32 Å². The fourth-order valence-electron chi connectivity index (χ4n) is 2.24. The number of anilines is 1. The molecule has 1 aliphatic rings. The molecule has 1 aromatic carbocycles. The van der Waals surface area contributed by atoms with Crippen LogP contribution in [0.1, 0.15) is 43.5 Å². The van der Waals surface area contributed by atoms with Crippen molar-refractivity contribution in [2.75, 3.05) is 11.9 Å². The molecule has 2 rings (SSSR count). The molecule has 1 unspecified atom stereocenters. The molecule has 114 valence electrons. The van der Waals surface area contributed by atoms with Gasteiger partial charge in [-0.1, -0.05) is 6.92 Å². The zero-order chi connectivity index (χ0) is 15.4.